The molecule has 1 heterocycles. The molecule has 1 aromatic rings. The van der Waals surface area contributed by atoms with Gasteiger partial charge in [0.15, 0.2) is 0 Å². The second kappa shape index (κ2) is 6.00. The van der Waals surface area contributed by atoms with E-state index in [1.165, 1.54) is 12.1 Å². The van der Waals surface area contributed by atoms with Crippen molar-refractivity contribution in [3.8, 4) is 0 Å². The highest BCUT2D eigenvalue weighted by molar-refractivity contribution is 7.89. The molecule has 0 spiro atoms. The van der Waals surface area contributed by atoms with Crippen molar-refractivity contribution in [2.45, 2.75) is 24.3 Å². The third-order valence-corrected chi connectivity index (χ3v) is 4.70. The number of benzene rings is 1. The number of nitrogens with one attached hydrogen (secondary N) is 1. The van der Waals surface area contributed by atoms with E-state index in [1.807, 2.05) is 0 Å². The maximum Gasteiger partial charge on any atom is 0.240 e. The Morgan fingerprint density at radius 3 is 2.63 bits per heavy atom. The normalized spacial score (nSPS) is 21.5. The fourth-order valence-electron chi connectivity index (χ4n) is 1.98. The topological polar surface area (TPSA) is 75.6 Å². The van der Waals surface area contributed by atoms with Crippen LogP contribution in [0.1, 0.15) is 25.0 Å². The van der Waals surface area contributed by atoms with Crippen LogP contribution < -0.4 is 4.72 Å². The van der Waals surface area contributed by atoms with E-state index in [9.17, 15) is 13.5 Å². The molecule has 0 saturated carbocycles. The van der Waals surface area contributed by atoms with Gasteiger partial charge in [0.2, 0.25) is 10.0 Å². The molecular weight excluding hydrogens is 266 g/mol. The van der Waals surface area contributed by atoms with E-state index in [4.69, 9.17) is 4.74 Å². The highest BCUT2D eigenvalue weighted by Gasteiger charge is 2.20. The Morgan fingerprint density at radius 2 is 2.11 bits per heavy atom. The molecule has 1 aliphatic heterocycles. The smallest absolute Gasteiger partial charge is 0.240 e. The summed E-state index contributed by atoms with van der Waals surface area (Å²) in [6.45, 7) is 3.36. The Bertz CT molecular complexity index is 504. The molecule has 19 heavy (non-hydrogen) atoms. The summed E-state index contributed by atoms with van der Waals surface area (Å²) in [6.07, 6.45) is 0.295. The fourth-order valence-corrected chi connectivity index (χ4v) is 3.10. The van der Waals surface area contributed by atoms with Gasteiger partial charge in [-0.05, 0) is 37.0 Å². The number of aliphatic hydroxyl groups excluding tert-OH is 1. The Labute approximate surface area is 113 Å². The summed E-state index contributed by atoms with van der Waals surface area (Å²) in [5, 5.41) is 9.39. The Balaban J connectivity index is 2.01. The van der Waals surface area contributed by atoms with Gasteiger partial charge in [0.05, 0.1) is 17.6 Å². The molecule has 0 bridgehead atoms. The van der Waals surface area contributed by atoms with E-state index in [1.54, 1.807) is 19.1 Å². The maximum absolute atomic E-state index is 12.1. The van der Waals surface area contributed by atoms with E-state index < -0.39 is 16.1 Å². The molecule has 1 aromatic carbocycles. The molecule has 1 saturated heterocycles. The minimum absolute atomic E-state index is 0.218. The highest BCUT2D eigenvalue weighted by Crippen LogP contribution is 2.17. The van der Waals surface area contributed by atoms with E-state index >= 15 is 0 Å². The van der Waals surface area contributed by atoms with Crippen molar-refractivity contribution in [3.05, 3.63) is 29.8 Å². The lowest BCUT2D eigenvalue weighted by Gasteiger charge is -2.11. The SMILES string of the molecule is CC(O)c1ccc(S(=O)(=O)NCC2CCOC2)cc1. The van der Waals surface area contributed by atoms with Crippen molar-refractivity contribution < 1.29 is 18.3 Å². The van der Waals surface area contributed by atoms with Gasteiger partial charge in [0.25, 0.3) is 0 Å². The molecule has 0 amide bonds. The van der Waals surface area contributed by atoms with Crippen molar-refractivity contribution in [1.82, 2.24) is 4.72 Å². The fraction of sp³-hybridized carbons (Fsp3) is 0.538. The molecule has 5 nitrogen and oxygen atoms in total. The zero-order chi connectivity index (χ0) is 13.9. The zero-order valence-electron chi connectivity index (χ0n) is 10.9. The first-order chi connectivity index (χ1) is 8.99. The quantitative estimate of drug-likeness (QED) is 0.848. The molecule has 6 heteroatoms. The van der Waals surface area contributed by atoms with Gasteiger partial charge < -0.3 is 9.84 Å². The van der Waals surface area contributed by atoms with Crippen LogP contribution in [-0.4, -0.2) is 33.3 Å². The summed E-state index contributed by atoms with van der Waals surface area (Å²) in [7, 11) is -3.48. The van der Waals surface area contributed by atoms with Gasteiger partial charge in [-0.15, -0.1) is 0 Å². The van der Waals surface area contributed by atoms with Gasteiger partial charge in [-0.3, -0.25) is 0 Å². The number of hydrogen-bond donors (Lipinski definition) is 2. The second-order valence-electron chi connectivity index (χ2n) is 4.83. The molecule has 1 fully saturated rings. The van der Waals surface area contributed by atoms with Crippen LogP contribution in [0, 0.1) is 5.92 Å². The predicted molar refractivity (Wildman–Crippen MR) is 71.2 cm³/mol. The van der Waals surface area contributed by atoms with E-state index in [0.717, 1.165) is 6.42 Å². The average molecular weight is 285 g/mol. The van der Waals surface area contributed by atoms with Crippen molar-refractivity contribution in [1.29, 1.82) is 0 Å². The van der Waals surface area contributed by atoms with Crippen LogP contribution in [0.4, 0.5) is 0 Å². The maximum atomic E-state index is 12.1. The first kappa shape index (κ1) is 14.5. The molecule has 2 N–H and O–H groups in total. The average Bonchev–Trinajstić information content (AvgIpc) is 2.90. The Kier molecular flexibility index (Phi) is 4.57. The van der Waals surface area contributed by atoms with Gasteiger partial charge in [-0.2, -0.15) is 0 Å². The third kappa shape index (κ3) is 3.76. The number of rotatable bonds is 5. The number of hydrogen-bond acceptors (Lipinski definition) is 4. The molecule has 0 radical (unpaired) electrons. The van der Waals surface area contributed by atoms with Crippen LogP contribution in [0.15, 0.2) is 29.2 Å². The van der Waals surface area contributed by atoms with Crippen LogP contribution in [-0.2, 0) is 14.8 Å². The lowest BCUT2D eigenvalue weighted by molar-refractivity contribution is 0.186. The van der Waals surface area contributed by atoms with Gasteiger partial charge in [-0.25, -0.2) is 13.1 Å². The van der Waals surface area contributed by atoms with Crippen molar-refractivity contribution in [3.63, 3.8) is 0 Å². The molecule has 0 aliphatic carbocycles. The van der Waals surface area contributed by atoms with Crippen LogP contribution in [0.5, 0.6) is 0 Å². The Hall–Kier alpha value is -0.950. The molecule has 106 valence electrons. The summed E-state index contributed by atoms with van der Waals surface area (Å²) in [5.74, 6) is 0.256. The lowest BCUT2D eigenvalue weighted by Crippen LogP contribution is -2.29. The highest BCUT2D eigenvalue weighted by atomic mass is 32.2. The standard InChI is InChI=1S/C13H19NO4S/c1-10(15)12-2-4-13(5-3-12)19(16,17)14-8-11-6-7-18-9-11/h2-5,10-11,14-15H,6-9H2,1H3. The van der Waals surface area contributed by atoms with Crippen LogP contribution in [0.25, 0.3) is 0 Å². The van der Waals surface area contributed by atoms with Gasteiger partial charge in [-0.1, -0.05) is 12.1 Å². The van der Waals surface area contributed by atoms with Crippen LogP contribution in [0.3, 0.4) is 0 Å². The summed E-state index contributed by atoms with van der Waals surface area (Å²) in [4.78, 5) is 0.218. The van der Waals surface area contributed by atoms with Gasteiger partial charge in [0.1, 0.15) is 0 Å². The Morgan fingerprint density at radius 1 is 1.42 bits per heavy atom. The molecule has 2 atom stereocenters. The number of aliphatic hydroxyl groups is 1. The molecule has 0 aromatic heterocycles. The summed E-state index contributed by atoms with van der Waals surface area (Å²) < 4.78 is 31.9. The molecule has 2 rings (SSSR count). The largest absolute Gasteiger partial charge is 0.389 e. The predicted octanol–water partition coefficient (Wildman–Crippen LogP) is 1.05. The second-order valence-corrected chi connectivity index (χ2v) is 6.59. The number of sulfonamides is 1. The summed E-state index contributed by atoms with van der Waals surface area (Å²) >= 11 is 0. The summed E-state index contributed by atoms with van der Waals surface area (Å²) in [5.41, 5.74) is 0.697. The van der Waals surface area contributed by atoms with E-state index in [-0.39, 0.29) is 10.8 Å². The van der Waals surface area contributed by atoms with Crippen LogP contribution in [0.2, 0.25) is 0 Å². The monoisotopic (exact) mass is 285 g/mol. The first-order valence-electron chi connectivity index (χ1n) is 6.34. The number of ether oxygens (including phenoxy) is 1. The summed E-state index contributed by atoms with van der Waals surface area (Å²) in [6, 6.07) is 6.26. The lowest BCUT2D eigenvalue weighted by atomic mass is 10.1. The van der Waals surface area contributed by atoms with Gasteiger partial charge in [0, 0.05) is 13.2 Å². The van der Waals surface area contributed by atoms with E-state index in [0.29, 0.717) is 25.3 Å². The minimum Gasteiger partial charge on any atom is -0.389 e. The zero-order valence-corrected chi connectivity index (χ0v) is 11.7. The molecule has 1 aliphatic rings. The first-order valence-corrected chi connectivity index (χ1v) is 7.83. The van der Waals surface area contributed by atoms with Crippen molar-refractivity contribution >= 4 is 10.0 Å². The minimum atomic E-state index is -3.48. The molecule has 2 unspecified atom stereocenters. The van der Waals surface area contributed by atoms with Crippen molar-refractivity contribution in [2.75, 3.05) is 19.8 Å². The van der Waals surface area contributed by atoms with Gasteiger partial charge >= 0.3 is 0 Å². The van der Waals surface area contributed by atoms with Crippen molar-refractivity contribution in [2.24, 2.45) is 5.92 Å². The molecular formula is C13H19NO4S. The van der Waals surface area contributed by atoms with Crippen LogP contribution >= 0.6 is 0 Å². The van der Waals surface area contributed by atoms with E-state index in [2.05, 4.69) is 4.72 Å². The third-order valence-electron chi connectivity index (χ3n) is 3.26.